The summed E-state index contributed by atoms with van der Waals surface area (Å²) in [5, 5.41) is 4.15. The third-order valence-corrected chi connectivity index (χ3v) is 3.62. The first-order valence-electron chi connectivity index (χ1n) is 5.71. The van der Waals surface area contributed by atoms with E-state index in [9.17, 15) is 0 Å². The second-order valence-corrected chi connectivity index (χ2v) is 4.83. The van der Waals surface area contributed by atoms with Crippen LogP contribution in [0.15, 0.2) is 18.5 Å². The third kappa shape index (κ3) is 2.50. The van der Waals surface area contributed by atoms with Crippen LogP contribution in [0.25, 0.3) is 0 Å². The number of rotatable bonds is 4. The minimum Gasteiger partial charge on any atom is -0.319 e. The van der Waals surface area contributed by atoms with Gasteiger partial charge in [-0.05, 0) is 42.1 Å². The van der Waals surface area contributed by atoms with E-state index < -0.39 is 0 Å². The van der Waals surface area contributed by atoms with Gasteiger partial charge in [-0.3, -0.25) is 4.98 Å². The third-order valence-electron chi connectivity index (χ3n) is 2.77. The summed E-state index contributed by atoms with van der Waals surface area (Å²) in [7, 11) is 0. The van der Waals surface area contributed by atoms with Gasteiger partial charge in [0.2, 0.25) is 0 Å². The van der Waals surface area contributed by atoms with Crippen molar-refractivity contribution in [3.8, 4) is 0 Å². The highest BCUT2D eigenvalue weighted by Crippen LogP contribution is 2.26. The predicted molar refractivity (Wildman–Crippen MR) is 68.9 cm³/mol. The maximum absolute atomic E-state index is 6.28. The number of hydrogen-bond acceptors (Lipinski definition) is 5. The van der Waals surface area contributed by atoms with E-state index in [1.807, 2.05) is 19.2 Å². The smallest absolute Gasteiger partial charge is 0.0807 e. The van der Waals surface area contributed by atoms with Crippen molar-refractivity contribution in [3.05, 3.63) is 40.2 Å². The van der Waals surface area contributed by atoms with Crippen LogP contribution < -0.4 is 5.73 Å². The Kier molecular flexibility index (Phi) is 3.81. The average molecular weight is 248 g/mol. The Morgan fingerprint density at radius 2 is 2.29 bits per heavy atom. The van der Waals surface area contributed by atoms with Crippen molar-refractivity contribution in [1.82, 2.24) is 14.6 Å². The molecule has 0 aromatic carbocycles. The van der Waals surface area contributed by atoms with Gasteiger partial charge in [0.15, 0.2) is 0 Å². The summed E-state index contributed by atoms with van der Waals surface area (Å²) in [6, 6.07) is 1.81. The van der Waals surface area contributed by atoms with Gasteiger partial charge in [0.25, 0.3) is 0 Å². The Balaban J connectivity index is 2.34. The van der Waals surface area contributed by atoms with Crippen LogP contribution in [0.2, 0.25) is 0 Å². The second-order valence-electron chi connectivity index (χ2n) is 4.04. The highest BCUT2D eigenvalue weighted by atomic mass is 32.1. The molecule has 0 aliphatic carbocycles. The van der Waals surface area contributed by atoms with Crippen LogP contribution in [0.4, 0.5) is 0 Å². The van der Waals surface area contributed by atoms with E-state index in [0.717, 1.165) is 34.5 Å². The lowest BCUT2D eigenvalue weighted by Crippen LogP contribution is -2.14. The van der Waals surface area contributed by atoms with E-state index in [1.54, 1.807) is 6.20 Å². The van der Waals surface area contributed by atoms with E-state index in [1.165, 1.54) is 11.5 Å². The van der Waals surface area contributed by atoms with Gasteiger partial charge in [-0.1, -0.05) is 17.8 Å². The van der Waals surface area contributed by atoms with E-state index >= 15 is 0 Å². The Hall–Kier alpha value is -1.33. The first-order chi connectivity index (χ1) is 8.24. The van der Waals surface area contributed by atoms with E-state index in [4.69, 9.17) is 5.73 Å². The minimum atomic E-state index is -0.162. The Morgan fingerprint density at radius 3 is 3.00 bits per heavy atom. The fourth-order valence-corrected chi connectivity index (χ4v) is 2.52. The fourth-order valence-electron chi connectivity index (χ4n) is 1.80. The van der Waals surface area contributed by atoms with Crippen molar-refractivity contribution in [2.45, 2.75) is 32.7 Å². The molecule has 2 aromatic heterocycles. The van der Waals surface area contributed by atoms with Crippen LogP contribution >= 0.6 is 11.5 Å². The zero-order valence-corrected chi connectivity index (χ0v) is 10.9. The quantitative estimate of drug-likeness (QED) is 0.901. The minimum absolute atomic E-state index is 0.162. The molecule has 2 aromatic rings. The van der Waals surface area contributed by atoms with Gasteiger partial charge in [0.1, 0.15) is 0 Å². The molecule has 0 saturated carbocycles. The van der Waals surface area contributed by atoms with E-state index in [2.05, 4.69) is 21.5 Å². The molecule has 0 saturated heterocycles. The lowest BCUT2D eigenvalue weighted by atomic mass is 10.0. The van der Waals surface area contributed by atoms with Crippen molar-refractivity contribution in [1.29, 1.82) is 0 Å². The first-order valence-corrected chi connectivity index (χ1v) is 6.48. The van der Waals surface area contributed by atoms with E-state index in [0.29, 0.717) is 0 Å². The average Bonchev–Trinajstić information content (AvgIpc) is 2.78. The summed E-state index contributed by atoms with van der Waals surface area (Å²) in [5.41, 5.74) is 9.51. The summed E-state index contributed by atoms with van der Waals surface area (Å²) in [6.07, 6.45) is 5.59. The number of pyridine rings is 1. The molecule has 0 bridgehead atoms. The maximum Gasteiger partial charge on any atom is 0.0807 e. The summed E-state index contributed by atoms with van der Waals surface area (Å²) >= 11 is 1.39. The summed E-state index contributed by atoms with van der Waals surface area (Å²) in [4.78, 5) is 5.19. The molecule has 4 nitrogen and oxygen atoms in total. The Labute approximate surface area is 105 Å². The number of nitrogens with zero attached hydrogens (tertiary/aromatic N) is 3. The fraction of sp³-hybridized carbons (Fsp3) is 0.417. The Bertz CT molecular complexity index is 495. The highest BCUT2D eigenvalue weighted by Gasteiger charge is 2.18. The molecule has 2 rings (SSSR count). The predicted octanol–water partition coefficient (Wildman–Crippen LogP) is 2.24. The molecule has 5 heteroatoms. The van der Waals surface area contributed by atoms with Crippen molar-refractivity contribution >= 4 is 11.5 Å². The molecule has 0 amide bonds. The summed E-state index contributed by atoms with van der Waals surface area (Å²) in [6.45, 7) is 4.18. The topological polar surface area (TPSA) is 64.7 Å². The molecule has 0 aliphatic heterocycles. The van der Waals surface area contributed by atoms with Crippen LogP contribution in [0.5, 0.6) is 0 Å². The van der Waals surface area contributed by atoms with Crippen LogP contribution in [-0.4, -0.2) is 14.6 Å². The molecule has 17 heavy (non-hydrogen) atoms. The molecule has 2 N–H and O–H groups in total. The number of nitrogens with two attached hydrogens (primary N) is 1. The lowest BCUT2D eigenvalue weighted by molar-refractivity contribution is 0.807. The molecule has 90 valence electrons. The largest absolute Gasteiger partial charge is 0.319 e. The van der Waals surface area contributed by atoms with Gasteiger partial charge in [-0.15, -0.1) is 5.10 Å². The van der Waals surface area contributed by atoms with Gasteiger partial charge < -0.3 is 5.73 Å². The molecular weight excluding hydrogens is 232 g/mol. The molecule has 0 spiro atoms. The normalized spacial score (nSPS) is 12.6. The van der Waals surface area contributed by atoms with Gasteiger partial charge >= 0.3 is 0 Å². The van der Waals surface area contributed by atoms with Gasteiger partial charge in [0.05, 0.1) is 16.6 Å². The molecule has 2 heterocycles. The molecule has 0 aliphatic rings. The number of aryl methyl sites for hydroxylation is 2. The van der Waals surface area contributed by atoms with Crippen LogP contribution in [-0.2, 0) is 6.42 Å². The van der Waals surface area contributed by atoms with Crippen molar-refractivity contribution in [3.63, 3.8) is 0 Å². The molecule has 0 fully saturated rings. The molecular formula is C12H16N4S. The lowest BCUT2D eigenvalue weighted by Gasteiger charge is -2.12. The first kappa shape index (κ1) is 12.1. The zero-order valence-electron chi connectivity index (χ0n) is 10.1. The standard InChI is InChI=1S/C12H16N4S/c1-3-4-10-12(17-16-15-10)11(13)9-7-14-6-5-8(9)2/h5-7,11H,3-4,13H2,1-2H3. The molecule has 1 atom stereocenters. The number of hydrogen-bond donors (Lipinski definition) is 1. The number of aromatic nitrogens is 3. The second kappa shape index (κ2) is 5.33. The van der Waals surface area contributed by atoms with Gasteiger partial charge in [-0.25, -0.2) is 0 Å². The zero-order chi connectivity index (χ0) is 12.3. The van der Waals surface area contributed by atoms with Gasteiger partial charge in [-0.2, -0.15) is 0 Å². The summed E-state index contributed by atoms with van der Waals surface area (Å²) < 4.78 is 4.01. The van der Waals surface area contributed by atoms with Crippen molar-refractivity contribution in [2.24, 2.45) is 5.73 Å². The van der Waals surface area contributed by atoms with Crippen LogP contribution in [0.3, 0.4) is 0 Å². The van der Waals surface area contributed by atoms with Gasteiger partial charge in [0, 0.05) is 12.4 Å². The van der Waals surface area contributed by atoms with Crippen molar-refractivity contribution in [2.75, 3.05) is 0 Å². The Morgan fingerprint density at radius 1 is 1.47 bits per heavy atom. The molecule has 0 radical (unpaired) electrons. The maximum atomic E-state index is 6.28. The van der Waals surface area contributed by atoms with Crippen LogP contribution in [0, 0.1) is 6.92 Å². The monoisotopic (exact) mass is 248 g/mol. The van der Waals surface area contributed by atoms with E-state index in [-0.39, 0.29) is 6.04 Å². The highest BCUT2D eigenvalue weighted by molar-refractivity contribution is 7.05. The SMILES string of the molecule is CCCc1nnsc1C(N)c1cnccc1C. The van der Waals surface area contributed by atoms with Crippen molar-refractivity contribution < 1.29 is 0 Å². The molecule has 1 unspecified atom stereocenters. The van der Waals surface area contributed by atoms with Crippen LogP contribution in [0.1, 0.15) is 41.1 Å². The summed E-state index contributed by atoms with van der Waals surface area (Å²) in [5.74, 6) is 0.